The van der Waals surface area contributed by atoms with Crippen LogP contribution < -0.4 is 0 Å². The molecule has 0 spiro atoms. The lowest BCUT2D eigenvalue weighted by atomic mass is 9.98. The monoisotopic (exact) mass is 293 g/mol. The summed E-state index contributed by atoms with van der Waals surface area (Å²) in [5.74, 6) is -1.17. The van der Waals surface area contributed by atoms with Crippen LogP contribution in [0.1, 0.15) is 40.4 Å². The first-order valence-corrected chi connectivity index (χ1v) is 5.32. The van der Waals surface area contributed by atoms with Crippen LogP contribution >= 0.6 is 0 Å². The highest BCUT2D eigenvalue weighted by Crippen LogP contribution is 2.38. The molecular weight excluding hydrogens is 285 g/mol. The molecule has 0 aliphatic carbocycles. The normalized spacial score (nSPS) is 11.3. The van der Waals surface area contributed by atoms with Gasteiger partial charge in [-0.05, 0) is 19.1 Å². The molecule has 1 aromatic carbocycles. The molecule has 0 fully saturated rings. The lowest BCUT2D eigenvalue weighted by molar-refractivity contribution is -0.139. The summed E-state index contributed by atoms with van der Waals surface area (Å²) in [5, 5.41) is 8.75. The van der Waals surface area contributed by atoms with Crippen LogP contribution in [-0.4, -0.2) is 12.6 Å². The van der Waals surface area contributed by atoms with Gasteiger partial charge >= 0.3 is 12.1 Å². The second-order valence-electron chi connectivity index (χ2n) is 3.62. The van der Waals surface area contributed by atoms with Gasteiger partial charge in [-0.15, -0.1) is 0 Å². The van der Waals surface area contributed by atoms with E-state index in [1.807, 2.05) is 0 Å². The minimum Gasteiger partial charge on any atom is -0.462 e. The molecule has 0 bridgehead atoms. The smallest absolute Gasteiger partial charge is 0.416 e. The van der Waals surface area contributed by atoms with Crippen LogP contribution in [0.5, 0.6) is 0 Å². The van der Waals surface area contributed by atoms with Crippen molar-refractivity contribution >= 4 is 5.97 Å². The van der Waals surface area contributed by atoms with Gasteiger partial charge in [0.05, 0.1) is 23.3 Å². The summed E-state index contributed by atoms with van der Waals surface area (Å²) in [7, 11) is 0. The number of benzene rings is 1. The minimum atomic E-state index is -5.07. The predicted octanol–water partition coefficient (Wildman–Crippen LogP) is 3.69. The third-order valence-corrected chi connectivity index (χ3v) is 2.35. The van der Waals surface area contributed by atoms with Gasteiger partial charge < -0.3 is 4.74 Å². The molecule has 0 aromatic heterocycles. The summed E-state index contributed by atoms with van der Waals surface area (Å²) in [6.45, 7) is 1.30. The van der Waals surface area contributed by atoms with Gasteiger partial charge in [-0.3, -0.25) is 0 Å². The Morgan fingerprint density at radius 1 is 1.40 bits per heavy atom. The molecule has 0 heterocycles. The van der Waals surface area contributed by atoms with Gasteiger partial charge in [0.15, 0.2) is 0 Å². The zero-order valence-corrected chi connectivity index (χ0v) is 10.1. The molecule has 1 aromatic rings. The number of carbonyl (C=O) groups excluding carboxylic acids is 1. The Bertz CT molecular complexity index is 560. The maximum absolute atomic E-state index is 12.7. The standard InChI is InChI=1S/C12H8F5NO2/c1-2-20-11(19)7-4-9(12(15,16)17)8(10(13)14)3-6(7)5-18/h3-4,10H,2H2,1H3. The molecule has 3 nitrogen and oxygen atoms in total. The second-order valence-corrected chi connectivity index (χ2v) is 3.62. The number of halogens is 5. The summed E-state index contributed by atoms with van der Waals surface area (Å²) >= 11 is 0. The summed E-state index contributed by atoms with van der Waals surface area (Å²) in [5.41, 5.74) is -4.28. The van der Waals surface area contributed by atoms with Gasteiger partial charge in [0, 0.05) is 5.56 Å². The molecule has 0 aliphatic heterocycles. The number of alkyl halides is 5. The first-order valence-electron chi connectivity index (χ1n) is 5.32. The zero-order chi connectivity index (χ0) is 15.5. The van der Waals surface area contributed by atoms with E-state index in [1.54, 1.807) is 0 Å². The highest BCUT2D eigenvalue weighted by atomic mass is 19.4. The number of hydrogen-bond acceptors (Lipinski definition) is 3. The summed E-state index contributed by atoms with van der Waals surface area (Å²) < 4.78 is 67.9. The van der Waals surface area contributed by atoms with E-state index in [0.717, 1.165) is 0 Å². The van der Waals surface area contributed by atoms with Gasteiger partial charge in [0.25, 0.3) is 6.43 Å². The van der Waals surface area contributed by atoms with Crippen molar-refractivity contribution in [2.45, 2.75) is 19.5 Å². The Hall–Kier alpha value is -2.17. The number of carbonyl (C=O) groups is 1. The molecular formula is C12H8F5NO2. The fourth-order valence-electron chi connectivity index (χ4n) is 1.51. The number of nitrogens with zero attached hydrogens (tertiary/aromatic N) is 1. The Labute approximate surface area is 110 Å². The van der Waals surface area contributed by atoms with Gasteiger partial charge in [-0.1, -0.05) is 0 Å². The highest BCUT2D eigenvalue weighted by Gasteiger charge is 2.37. The summed E-state index contributed by atoms with van der Waals surface area (Å²) in [6.07, 6.45) is -8.49. The van der Waals surface area contributed by atoms with Crippen molar-refractivity contribution in [1.29, 1.82) is 5.26 Å². The van der Waals surface area contributed by atoms with Gasteiger partial charge in [0.1, 0.15) is 6.07 Å². The first kappa shape index (κ1) is 15.9. The number of ether oxygens (including phenoxy) is 1. The molecule has 0 saturated carbocycles. The molecule has 8 heteroatoms. The Morgan fingerprint density at radius 3 is 2.40 bits per heavy atom. The van der Waals surface area contributed by atoms with E-state index in [2.05, 4.69) is 4.74 Å². The maximum Gasteiger partial charge on any atom is 0.416 e. The van der Waals surface area contributed by atoms with Crippen LogP contribution in [-0.2, 0) is 10.9 Å². The Balaban J connectivity index is 3.56. The molecule has 1 rings (SSSR count). The van der Waals surface area contributed by atoms with Crippen molar-refractivity contribution in [2.24, 2.45) is 0 Å². The van der Waals surface area contributed by atoms with E-state index in [-0.39, 0.29) is 12.7 Å². The molecule has 20 heavy (non-hydrogen) atoms. The third-order valence-electron chi connectivity index (χ3n) is 2.35. The molecule has 0 amide bonds. The summed E-state index contributed by atoms with van der Waals surface area (Å²) in [6, 6.07) is 1.99. The lowest BCUT2D eigenvalue weighted by Gasteiger charge is -2.14. The topological polar surface area (TPSA) is 50.1 Å². The highest BCUT2D eigenvalue weighted by molar-refractivity contribution is 5.92. The minimum absolute atomic E-state index is 0.123. The van der Waals surface area contributed by atoms with Crippen LogP contribution in [0.3, 0.4) is 0 Å². The molecule has 0 unspecified atom stereocenters. The van der Waals surface area contributed by atoms with Crippen molar-refractivity contribution in [2.75, 3.05) is 6.61 Å². The number of rotatable bonds is 3. The molecule has 0 aliphatic rings. The van der Waals surface area contributed by atoms with Crippen molar-refractivity contribution in [3.8, 4) is 6.07 Å². The second kappa shape index (κ2) is 5.86. The van der Waals surface area contributed by atoms with E-state index < -0.39 is 40.8 Å². The van der Waals surface area contributed by atoms with E-state index in [9.17, 15) is 26.7 Å². The number of esters is 1. The molecule has 0 saturated heterocycles. The zero-order valence-electron chi connectivity index (χ0n) is 10.1. The molecule has 0 atom stereocenters. The first-order chi connectivity index (χ1) is 9.22. The lowest BCUT2D eigenvalue weighted by Crippen LogP contribution is -2.15. The summed E-state index contributed by atoms with van der Waals surface area (Å²) in [4.78, 5) is 11.5. The SMILES string of the molecule is CCOC(=O)c1cc(C(F)(F)F)c(C(F)F)cc1C#N. The van der Waals surface area contributed by atoms with E-state index in [1.165, 1.54) is 13.0 Å². The van der Waals surface area contributed by atoms with Crippen molar-refractivity contribution in [1.82, 2.24) is 0 Å². The quantitative estimate of drug-likeness (QED) is 0.631. The van der Waals surface area contributed by atoms with Gasteiger partial charge in [-0.25, -0.2) is 13.6 Å². The average Bonchev–Trinajstić information content (AvgIpc) is 2.36. The van der Waals surface area contributed by atoms with Crippen LogP contribution in [0, 0.1) is 11.3 Å². The van der Waals surface area contributed by atoms with E-state index >= 15 is 0 Å². The van der Waals surface area contributed by atoms with Gasteiger partial charge in [-0.2, -0.15) is 18.4 Å². The van der Waals surface area contributed by atoms with Crippen LogP contribution in [0.15, 0.2) is 12.1 Å². The van der Waals surface area contributed by atoms with Gasteiger partial charge in [0.2, 0.25) is 0 Å². The van der Waals surface area contributed by atoms with Crippen molar-refractivity contribution in [3.05, 3.63) is 34.4 Å². The maximum atomic E-state index is 12.7. The van der Waals surface area contributed by atoms with Crippen LogP contribution in [0.25, 0.3) is 0 Å². The van der Waals surface area contributed by atoms with Crippen molar-refractivity contribution < 1.29 is 31.5 Å². The Morgan fingerprint density at radius 2 is 2.00 bits per heavy atom. The average molecular weight is 293 g/mol. The Kier molecular flexibility index (Phi) is 4.65. The van der Waals surface area contributed by atoms with Crippen LogP contribution in [0.2, 0.25) is 0 Å². The largest absolute Gasteiger partial charge is 0.462 e. The number of hydrogen-bond donors (Lipinski definition) is 0. The predicted molar refractivity (Wildman–Crippen MR) is 57.1 cm³/mol. The number of nitriles is 1. The van der Waals surface area contributed by atoms with E-state index in [0.29, 0.717) is 6.07 Å². The van der Waals surface area contributed by atoms with Crippen LogP contribution in [0.4, 0.5) is 22.0 Å². The fourth-order valence-corrected chi connectivity index (χ4v) is 1.51. The third kappa shape index (κ3) is 3.23. The molecule has 108 valence electrons. The molecule has 0 N–H and O–H groups in total. The fraction of sp³-hybridized carbons (Fsp3) is 0.333. The van der Waals surface area contributed by atoms with Crippen molar-refractivity contribution in [3.63, 3.8) is 0 Å². The molecule has 0 radical (unpaired) electrons. The van der Waals surface area contributed by atoms with E-state index in [4.69, 9.17) is 5.26 Å².